The Morgan fingerprint density at radius 2 is 2.28 bits per heavy atom. The minimum absolute atomic E-state index is 0.0469. The van der Waals surface area contributed by atoms with Crippen LogP contribution in [0.2, 0.25) is 0 Å². The van der Waals surface area contributed by atoms with Crippen LogP contribution in [-0.2, 0) is 13.7 Å². The smallest absolute Gasteiger partial charge is 0.174 e. The van der Waals surface area contributed by atoms with Gasteiger partial charge in [-0.15, -0.1) is 0 Å². The number of aliphatic hydroxyl groups is 1. The predicted octanol–water partition coefficient (Wildman–Crippen LogP) is 1.64. The summed E-state index contributed by atoms with van der Waals surface area (Å²) in [5.74, 6) is 0. The maximum atomic E-state index is 9.10. The third-order valence-corrected chi connectivity index (χ3v) is 3.44. The van der Waals surface area contributed by atoms with Gasteiger partial charge in [0.1, 0.15) is 5.03 Å². The van der Waals surface area contributed by atoms with E-state index in [0.717, 1.165) is 21.6 Å². The van der Waals surface area contributed by atoms with Crippen molar-refractivity contribution in [3.8, 4) is 6.07 Å². The lowest BCUT2D eigenvalue weighted by Gasteiger charge is -2.04. The number of nitriles is 1. The topological polar surface area (TPSA) is 74.7 Å². The van der Waals surface area contributed by atoms with E-state index in [1.807, 2.05) is 14.0 Å². The number of nitrogens with zero attached hydrogens (tertiary/aromatic N) is 4. The molecular formula is C12H12N4OS. The lowest BCUT2D eigenvalue weighted by atomic mass is 10.2. The van der Waals surface area contributed by atoms with Crippen LogP contribution in [0.25, 0.3) is 0 Å². The van der Waals surface area contributed by atoms with E-state index in [1.54, 1.807) is 22.9 Å². The minimum Gasteiger partial charge on any atom is -0.390 e. The van der Waals surface area contributed by atoms with Crippen LogP contribution in [0.4, 0.5) is 0 Å². The summed E-state index contributed by atoms with van der Waals surface area (Å²) in [7, 11) is 1.84. The molecule has 0 aliphatic carbocycles. The lowest BCUT2D eigenvalue weighted by molar-refractivity contribution is 0.271. The Balaban J connectivity index is 2.31. The molecule has 0 aliphatic heterocycles. The summed E-state index contributed by atoms with van der Waals surface area (Å²) in [5, 5.41) is 19.5. The van der Waals surface area contributed by atoms with Crippen molar-refractivity contribution in [2.24, 2.45) is 7.05 Å². The first-order valence-corrected chi connectivity index (χ1v) is 6.13. The van der Waals surface area contributed by atoms with Crippen LogP contribution in [0.15, 0.2) is 28.5 Å². The van der Waals surface area contributed by atoms with E-state index in [2.05, 4.69) is 16.0 Å². The molecule has 0 fully saturated rings. The van der Waals surface area contributed by atoms with E-state index in [0.29, 0.717) is 5.56 Å². The molecule has 5 nitrogen and oxygen atoms in total. The highest BCUT2D eigenvalue weighted by Crippen LogP contribution is 2.26. The van der Waals surface area contributed by atoms with Crippen molar-refractivity contribution >= 4 is 11.8 Å². The zero-order valence-electron chi connectivity index (χ0n) is 10.1. The fourth-order valence-electron chi connectivity index (χ4n) is 1.52. The van der Waals surface area contributed by atoms with Crippen LogP contribution in [0.1, 0.15) is 17.0 Å². The fraction of sp³-hybridized carbons (Fsp3) is 0.250. The van der Waals surface area contributed by atoms with Crippen LogP contribution < -0.4 is 0 Å². The second-order valence-electron chi connectivity index (χ2n) is 3.80. The van der Waals surface area contributed by atoms with Gasteiger partial charge in [0.05, 0.1) is 30.1 Å². The number of hydrogen-bond acceptors (Lipinski definition) is 5. The number of hydrogen-bond donors (Lipinski definition) is 1. The average molecular weight is 260 g/mol. The summed E-state index contributed by atoms with van der Waals surface area (Å²) < 4.78 is 1.81. The molecule has 0 bridgehead atoms. The van der Waals surface area contributed by atoms with Crippen molar-refractivity contribution in [3.05, 3.63) is 35.3 Å². The van der Waals surface area contributed by atoms with Gasteiger partial charge in [0, 0.05) is 12.7 Å². The maximum absolute atomic E-state index is 9.10. The Morgan fingerprint density at radius 1 is 1.50 bits per heavy atom. The second-order valence-corrected chi connectivity index (χ2v) is 4.79. The average Bonchev–Trinajstić information content (AvgIpc) is 2.70. The van der Waals surface area contributed by atoms with Crippen LogP contribution in [0, 0.1) is 18.3 Å². The van der Waals surface area contributed by atoms with Gasteiger partial charge in [-0.25, -0.2) is 9.97 Å². The summed E-state index contributed by atoms with van der Waals surface area (Å²) in [4.78, 5) is 8.56. The molecule has 18 heavy (non-hydrogen) atoms. The molecular weight excluding hydrogens is 248 g/mol. The standard InChI is InChI=1S/C12H12N4OS/c1-8-3-9(5-13)4-11(15-8)18-12-14-6-10(7-17)16(12)2/h3-4,6,17H,7H2,1-2H3. The van der Waals surface area contributed by atoms with Crippen LogP contribution in [0.3, 0.4) is 0 Å². The highest BCUT2D eigenvalue weighted by atomic mass is 32.2. The molecule has 92 valence electrons. The van der Waals surface area contributed by atoms with Crippen LogP contribution >= 0.6 is 11.8 Å². The van der Waals surface area contributed by atoms with Crippen molar-refractivity contribution < 1.29 is 5.11 Å². The maximum Gasteiger partial charge on any atom is 0.174 e. The normalized spacial score (nSPS) is 10.3. The molecule has 0 radical (unpaired) electrons. The molecule has 2 heterocycles. The van der Waals surface area contributed by atoms with Crippen molar-refractivity contribution in [1.82, 2.24) is 14.5 Å². The molecule has 1 N–H and O–H groups in total. The van der Waals surface area contributed by atoms with Gasteiger partial charge in [-0.2, -0.15) is 5.26 Å². The lowest BCUT2D eigenvalue weighted by Crippen LogP contribution is -1.97. The molecule has 0 saturated heterocycles. The molecule has 2 rings (SSSR count). The quantitative estimate of drug-likeness (QED) is 0.908. The fourth-order valence-corrected chi connectivity index (χ4v) is 2.44. The summed E-state index contributed by atoms with van der Waals surface area (Å²) in [6, 6.07) is 5.57. The molecule has 0 amide bonds. The summed E-state index contributed by atoms with van der Waals surface area (Å²) in [6.07, 6.45) is 1.63. The van der Waals surface area contributed by atoms with E-state index in [9.17, 15) is 0 Å². The molecule has 0 aromatic carbocycles. The summed E-state index contributed by atoms with van der Waals surface area (Å²) in [5.41, 5.74) is 2.13. The van der Waals surface area contributed by atoms with Gasteiger partial charge in [-0.1, -0.05) is 0 Å². The zero-order chi connectivity index (χ0) is 13.1. The van der Waals surface area contributed by atoms with Gasteiger partial charge in [-0.05, 0) is 30.8 Å². The summed E-state index contributed by atoms with van der Waals surface area (Å²) >= 11 is 1.37. The zero-order valence-corrected chi connectivity index (χ0v) is 10.9. The van der Waals surface area contributed by atoms with Crippen molar-refractivity contribution in [2.45, 2.75) is 23.7 Å². The number of aryl methyl sites for hydroxylation is 1. The Labute approximate surface area is 109 Å². The molecule has 0 aliphatic rings. The van der Waals surface area contributed by atoms with Crippen LogP contribution in [-0.4, -0.2) is 19.6 Å². The first kappa shape index (κ1) is 12.6. The number of aliphatic hydroxyl groups excluding tert-OH is 1. The number of aromatic nitrogens is 3. The van der Waals surface area contributed by atoms with Crippen molar-refractivity contribution in [2.75, 3.05) is 0 Å². The van der Waals surface area contributed by atoms with Gasteiger partial charge in [0.2, 0.25) is 0 Å². The minimum atomic E-state index is -0.0469. The van der Waals surface area contributed by atoms with Crippen LogP contribution in [0.5, 0.6) is 0 Å². The SMILES string of the molecule is Cc1cc(C#N)cc(Sc2ncc(CO)n2C)n1. The van der Waals surface area contributed by atoms with E-state index >= 15 is 0 Å². The Kier molecular flexibility index (Phi) is 3.65. The number of pyridine rings is 1. The molecule has 0 atom stereocenters. The van der Waals surface area contributed by atoms with Gasteiger partial charge in [0.15, 0.2) is 5.16 Å². The monoisotopic (exact) mass is 260 g/mol. The first-order chi connectivity index (χ1) is 8.63. The number of rotatable bonds is 3. The predicted molar refractivity (Wildman–Crippen MR) is 66.9 cm³/mol. The highest BCUT2D eigenvalue weighted by molar-refractivity contribution is 7.99. The molecule has 2 aromatic rings. The Morgan fingerprint density at radius 3 is 2.89 bits per heavy atom. The van der Waals surface area contributed by atoms with E-state index in [4.69, 9.17) is 10.4 Å². The molecule has 0 saturated carbocycles. The van der Waals surface area contributed by atoms with E-state index in [-0.39, 0.29) is 6.61 Å². The third-order valence-electron chi connectivity index (χ3n) is 2.46. The van der Waals surface area contributed by atoms with Gasteiger partial charge in [0.25, 0.3) is 0 Å². The largest absolute Gasteiger partial charge is 0.390 e. The van der Waals surface area contributed by atoms with Crippen molar-refractivity contribution in [3.63, 3.8) is 0 Å². The Hall–Kier alpha value is -1.84. The van der Waals surface area contributed by atoms with Gasteiger partial charge < -0.3 is 9.67 Å². The molecule has 0 spiro atoms. The molecule has 6 heteroatoms. The van der Waals surface area contributed by atoms with Crippen molar-refractivity contribution in [1.29, 1.82) is 5.26 Å². The van der Waals surface area contributed by atoms with Gasteiger partial charge >= 0.3 is 0 Å². The number of imidazole rings is 1. The van der Waals surface area contributed by atoms with E-state index < -0.39 is 0 Å². The molecule has 2 aromatic heterocycles. The molecule has 0 unspecified atom stereocenters. The second kappa shape index (κ2) is 5.21. The summed E-state index contributed by atoms with van der Waals surface area (Å²) in [6.45, 7) is 1.80. The van der Waals surface area contributed by atoms with E-state index in [1.165, 1.54) is 11.8 Å². The first-order valence-electron chi connectivity index (χ1n) is 5.32. The third kappa shape index (κ3) is 2.53. The van der Waals surface area contributed by atoms with Gasteiger partial charge in [-0.3, -0.25) is 0 Å². The Bertz CT molecular complexity index is 615. The highest BCUT2D eigenvalue weighted by Gasteiger charge is 2.09.